The molecule has 4 aromatic carbocycles. The Morgan fingerprint density at radius 2 is 1.53 bits per heavy atom. The number of amides is 1. The number of rotatable bonds is 12. The Morgan fingerprint density at radius 1 is 0.894 bits per heavy atom. The minimum Gasteiger partial charge on any atom is -0.548 e. The van der Waals surface area contributed by atoms with Crippen molar-refractivity contribution in [2.24, 2.45) is 0 Å². The number of aliphatic hydroxyl groups is 1. The number of aryl methyl sites for hydroxylation is 1. The molecule has 1 aromatic heterocycles. The fourth-order valence-corrected chi connectivity index (χ4v) is 6.04. The molecule has 47 heavy (non-hydrogen) atoms. The maximum absolute atomic E-state index is 13.5. The Labute approximate surface area is 292 Å². The van der Waals surface area contributed by atoms with E-state index in [0.29, 0.717) is 22.4 Å². The molecule has 0 aliphatic heterocycles. The van der Waals surface area contributed by atoms with Crippen molar-refractivity contribution in [3.63, 3.8) is 0 Å². The number of hydrogen-bond acceptors (Lipinski definition) is 6. The molecule has 1 atom stereocenters. The van der Waals surface area contributed by atoms with Crippen molar-refractivity contribution in [2.45, 2.75) is 25.0 Å². The molecular formula is C39H35LiN2O4S. The zero-order valence-corrected chi connectivity index (χ0v) is 27.5. The van der Waals surface area contributed by atoms with Crippen LogP contribution in [0, 0.1) is 6.92 Å². The van der Waals surface area contributed by atoms with Gasteiger partial charge in [0.1, 0.15) is 5.60 Å². The summed E-state index contributed by atoms with van der Waals surface area (Å²) in [7, 11) is 0. The van der Waals surface area contributed by atoms with Gasteiger partial charge in [-0.2, -0.15) is 11.8 Å². The Kier molecular flexibility index (Phi) is 12.4. The number of pyridine rings is 1. The zero-order valence-electron chi connectivity index (χ0n) is 26.7. The van der Waals surface area contributed by atoms with Crippen molar-refractivity contribution in [1.82, 2.24) is 10.3 Å². The Balaban J connectivity index is 0.00000500. The first kappa shape index (κ1) is 35.5. The number of carboxylic acid groups (broad SMARTS) is 1. The molecule has 6 nitrogen and oxygen atoms in total. The van der Waals surface area contributed by atoms with Gasteiger partial charge in [-0.05, 0) is 82.5 Å². The standard InChI is InChI=1S/C39H36N2O4S.Li/c1-27-11-9-10-16-32(27)34-25-28(18-20-33(34)37(42)41-36(38(43)44)22-24-46-2)17-19-29-26-40-23-21-35(29)39(45,30-12-5-3-6-13-30)31-14-7-4-8-15-31;/h3-21,23,25-26,36,45H,22,24H2,1-2H3,(H,41,42)(H,43,44);/q;+1/p-1/b19-17+;/t36-;/m0./s1. The van der Waals surface area contributed by atoms with E-state index in [0.717, 1.165) is 33.4 Å². The number of nitrogens with one attached hydrogen (secondary N) is 1. The zero-order chi connectivity index (χ0) is 32.5. The van der Waals surface area contributed by atoms with E-state index in [-0.39, 0.29) is 25.3 Å². The van der Waals surface area contributed by atoms with E-state index in [1.807, 2.05) is 128 Å². The van der Waals surface area contributed by atoms with Crippen molar-refractivity contribution in [3.8, 4) is 11.1 Å². The molecule has 0 bridgehead atoms. The first-order chi connectivity index (χ1) is 22.3. The predicted octanol–water partition coefficient (Wildman–Crippen LogP) is 3.12. The van der Waals surface area contributed by atoms with Crippen molar-refractivity contribution in [2.75, 3.05) is 12.0 Å². The second-order valence-corrected chi connectivity index (χ2v) is 12.0. The average molecular weight is 635 g/mol. The van der Waals surface area contributed by atoms with Crippen LogP contribution in [-0.4, -0.2) is 40.0 Å². The summed E-state index contributed by atoms with van der Waals surface area (Å²) in [6, 6.07) is 33.0. The molecular weight excluding hydrogens is 599 g/mol. The van der Waals surface area contributed by atoms with Crippen molar-refractivity contribution < 1.29 is 38.7 Å². The Hall–Kier alpha value is -4.38. The molecule has 0 fully saturated rings. The smallest absolute Gasteiger partial charge is 0.548 e. The fraction of sp³-hybridized carbons (Fsp3) is 0.154. The van der Waals surface area contributed by atoms with E-state index in [9.17, 15) is 19.8 Å². The van der Waals surface area contributed by atoms with E-state index in [1.54, 1.807) is 18.5 Å². The molecule has 232 valence electrons. The van der Waals surface area contributed by atoms with Gasteiger partial charge in [0.25, 0.3) is 5.91 Å². The molecule has 5 rings (SSSR count). The molecule has 2 N–H and O–H groups in total. The molecule has 0 saturated carbocycles. The Morgan fingerprint density at radius 3 is 2.15 bits per heavy atom. The van der Waals surface area contributed by atoms with Crippen LogP contribution in [0.5, 0.6) is 0 Å². The van der Waals surface area contributed by atoms with Crippen LogP contribution in [0.4, 0.5) is 0 Å². The van der Waals surface area contributed by atoms with E-state index in [1.165, 1.54) is 11.8 Å². The Bertz CT molecular complexity index is 1810. The van der Waals surface area contributed by atoms with Crippen molar-refractivity contribution >= 4 is 35.8 Å². The van der Waals surface area contributed by atoms with Gasteiger partial charge in [0.05, 0.1) is 12.0 Å². The second-order valence-electron chi connectivity index (χ2n) is 11.0. The average Bonchev–Trinajstić information content (AvgIpc) is 3.09. The number of nitrogens with zero attached hydrogens (tertiary/aromatic N) is 1. The summed E-state index contributed by atoms with van der Waals surface area (Å²) in [5.41, 5.74) is 5.11. The van der Waals surface area contributed by atoms with Crippen LogP contribution < -0.4 is 29.3 Å². The molecule has 5 aromatic rings. The largest absolute Gasteiger partial charge is 1.00 e. The number of thioether (sulfide) groups is 1. The summed E-state index contributed by atoms with van der Waals surface area (Å²) < 4.78 is 0. The van der Waals surface area contributed by atoms with Gasteiger partial charge in [-0.3, -0.25) is 9.78 Å². The van der Waals surface area contributed by atoms with Gasteiger partial charge in [-0.15, -0.1) is 0 Å². The summed E-state index contributed by atoms with van der Waals surface area (Å²) in [5.74, 6) is -1.21. The van der Waals surface area contributed by atoms with Crippen LogP contribution in [0.2, 0.25) is 0 Å². The third-order valence-corrected chi connectivity index (χ3v) is 8.65. The molecule has 0 spiro atoms. The van der Waals surface area contributed by atoms with Gasteiger partial charge in [-0.25, -0.2) is 0 Å². The van der Waals surface area contributed by atoms with E-state index >= 15 is 0 Å². The molecule has 0 aliphatic rings. The number of carbonyl (C=O) groups excluding carboxylic acids is 2. The van der Waals surface area contributed by atoms with Crippen LogP contribution in [-0.2, 0) is 10.4 Å². The normalized spacial score (nSPS) is 11.9. The molecule has 0 aliphatic carbocycles. The van der Waals surface area contributed by atoms with Gasteiger partial charge in [0.2, 0.25) is 0 Å². The molecule has 1 heterocycles. The van der Waals surface area contributed by atoms with E-state index in [2.05, 4.69) is 10.3 Å². The monoisotopic (exact) mass is 634 g/mol. The number of carboxylic acids is 1. The van der Waals surface area contributed by atoms with Crippen LogP contribution in [0.1, 0.15) is 50.2 Å². The molecule has 0 saturated heterocycles. The fourth-order valence-electron chi connectivity index (χ4n) is 5.57. The van der Waals surface area contributed by atoms with E-state index in [4.69, 9.17) is 0 Å². The van der Waals surface area contributed by atoms with E-state index < -0.39 is 23.5 Å². The van der Waals surface area contributed by atoms with Crippen LogP contribution in [0.15, 0.2) is 122 Å². The third kappa shape index (κ3) is 8.13. The SMILES string of the molecule is CSCC[C@H](NC(=O)c1ccc(/C=C/c2cnccc2C(O)(c2ccccc2)c2ccccc2)cc1-c1ccccc1C)C(=O)[O-].[Li+]. The van der Waals surface area contributed by atoms with Gasteiger partial charge >= 0.3 is 18.9 Å². The number of benzene rings is 4. The second kappa shape index (κ2) is 16.4. The van der Waals surface area contributed by atoms with Crippen LogP contribution in [0.3, 0.4) is 0 Å². The molecule has 1 amide bonds. The summed E-state index contributed by atoms with van der Waals surface area (Å²) in [5, 5.41) is 26.9. The first-order valence-electron chi connectivity index (χ1n) is 15.0. The maximum atomic E-state index is 13.5. The maximum Gasteiger partial charge on any atom is 1.00 e. The summed E-state index contributed by atoms with van der Waals surface area (Å²) in [6.45, 7) is 1.97. The molecule has 8 heteroatoms. The van der Waals surface area contributed by atoms with Crippen molar-refractivity contribution in [1.29, 1.82) is 0 Å². The summed E-state index contributed by atoms with van der Waals surface area (Å²) in [6.07, 6.45) is 9.37. The number of aromatic nitrogens is 1. The predicted molar refractivity (Wildman–Crippen MR) is 184 cm³/mol. The van der Waals surface area contributed by atoms with Gasteiger partial charge in [0, 0.05) is 23.5 Å². The quantitative estimate of drug-likeness (QED) is 0.205. The van der Waals surface area contributed by atoms with Crippen LogP contribution >= 0.6 is 11.8 Å². The number of aliphatic carboxylic acids is 1. The van der Waals surface area contributed by atoms with Gasteiger partial charge in [0.15, 0.2) is 0 Å². The van der Waals surface area contributed by atoms with Crippen molar-refractivity contribution in [3.05, 3.63) is 161 Å². The first-order valence-corrected chi connectivity index (χ1v) is 16.4. The summed E-state index contributed by atoms with van der Waals surface area (Å²) in [4.78, 5) is 29.6. The molecule has 0 unspecified atom stereocenters. The van der Waals surface area contributed by atoms with Crippen LogP contribution in [0.25, 0.3) is 23.3 Å². The molecule has 0 radical (unpaired) electrons. The topological polar surface area (TPSA) is 102 Å². The third-order valence-electron chi connectivity index (χ3n) is 8.00. The van der Waals surface area contributed by atoms with Gasteiger partial charge in [-0.1, -0.05) is 103 Å². The minimum absolute atomic E-state index is 0. The number of hydrogen-bond donors (Lipinski definition) is 2. The number of carbonyl (C=O) groups is 2. The van der Waals surface area contributed by atoms with Gasteiger partial charge < -0.3 is 20.3 Å². The summed E-state index contributed by atoms with van der Waals surface area (Å²) >= 11 is 1.51. The minimum atomic E-state index is -1.44.